The summed E-state index contributed by atoms with van der Waals surface area (Å²) in [7, 11) is -0.551. The Bertz CT molecular complexity index is 1140. The molecule has 0 aliphatic carbocycles. The number of rotatable bonds is 5. The monoisotopic (exact) mass is 440 g/mol. The van der Waals surface area contributed by atoms with E-state index in [0.29, 0.717) is 33.7 Å². The van der Waals surface area contributed by atoms with Crippen molar-refractivity contribution in [3.8, 4) is 5.75 Å². The number of thioether (sulfide) groups is 1. The van der Waals surface area contributed by atoms with Crippen LogP contribution in [0.3, 0.4) is 0 Å². The third kappa shape index (κ3) is 3.72. The van der Waals surface area contributed by atoms with E-state index in [2.05, 4.69) is 4.98 Å². The predicted octanol–water partition coefficient (Wildman–Crippen LogP) is 3.89. The lowest BCUT2D eigenvalue weighted by Crippen LogP contribution is -2.22. The van der Waals surface area contributed by atoms with Crippen LogP contribution in [0.1, 0.15) is 11.1 Å². The third-order valence-corrected chi connectivity index (χ3v) is 7.13. The van der Waals surface area contributed by atoms with E-state index < -0.39 is 10.0 Å². The topological polar surface area (TPSA) is 81.9 Å². The van der Waals surface area contributed by atoms with Crippen molar-refractivity contribution in [3.05, 3.63) is 46.5 Å². The number of nitrogens with zero attached hydrogens (tertiary/aromatic N) is 2. The number of sulfonamides is 1. The van der Waals surface area contributed by atoms with Crippen LogP contribution < -0.4 is 4.74 Å². The molecule has 1 aromatic heterocycles. The molecule has 0 saturated carbocycles. The number of hydrogen-bond donors (Lipinski definition) is 0. The molecule has 0 unspecified atom stereocenters. The van der Waals surface area contributed by atoms with Crippen molar-refractivity contribution < 1.29 is 22.3 Å². The normalized spacial score (nSPS) is 14.3. The van der Waals surface area contributed by atoms with Gasteiger partial charge in [-0.05, 0) is 30.3 Å². The SMILES string of the molecule is CN(C)S(=O)(=O)c1ccc2oc(SCc3cc(Cl)cc4c3OCOC4)nc2c1. The fourth-order valence-corrected chi connectivity index (χ4v) is 4.81. The maximum atomic E-state index is 12.3. The molecule has 7 nitrogen and oxygen atoms in total. The van der Waals surface area contributed by atoms with Gasteiger partial charge in [0.25, 0.3) is 5.22 Å². The average Bonchev–Trinajstić information content (AvgIpc) is 3.08. The molecule has 1 aliphatic rings. The molecule has 148 valence electrons. The Hall–Kier alpha value is -1.78. The smallest absolute Gasteiger partial charge is 0.257 e. The molecule has 28 heavy (non-hydrogen) atoms. The number of aromatic nitrogens is 1. The Labute approximate surface area is 171 Å². The largest absolute Gasteiger partial charge is 0.467 e. The summed E-state index contributed by atoms with van der Waals surface area (Å²) in [6.45, 7) is 0.665. The number of benzene rings is 2. The summed E-state index contributed by atoms with van der Waals surface area (Å²) in [6.07, 6.45) is 0. The van der Waals surface area contributed by atoms with Crippen LogP contribution in [0.5, 0.6) is 5.75 Å². The summed E-state index contributed by atoms with van der Waals surface area (Å²) >= 11 is 7.58. The lowest BCUT2D eigenvalue weighted by atomic mass is 10.1. The zero-order valence-electron chi connectivity index (χ0n) is 15.1. The molecular weight excluding hydrogens is 424 g/mol. The minimum Gasteiger partial charge on any atom is -0.467 e. The third-order valence-electron chi connectivity index (χ3n) is 4.22. The van der Waals surface area contributed by atoms with Crippen LogP contribution in [0.2, 0.25) is 5.02 Å². The maximum Gasteiger partial charge on any atom is 0.257 e. The minimum atomic E-state index is -3.53. The molecule has 0 atom stereocenters. The molecule has 0 N–H and O–H groups in total. The second-order valence-electron chi connectivity index (χ2n) is 6.35. The van der Waals surface area contributed by atoms with Crippen molar-refractivity contribution in [1.29, 1.82) is 0 Å². The van der Waals surface area contributed by atoms with Crippen molar-refractivity contribution in [2.75, 3.05) is 20.9 Å². The lowest BCUT2D eigenvalue weighted by molar-refractivity contribution is -0.0168. The van der Waals surface area contributed by atoms with Gasteiger partial charge in [0, 0.05) is 36.0 Å². The van der Waals surface area contributed by atoms with E-state index in [1.807, 2.05) is 12.1 Å². The molecule has 0 saturated heterocycles. The fourth-order valence-electron chi connectivity index (χ4n) is 2.82. The number of hydrogen-bond acceptors (Lipinski definition) is 7. The van der Waals surface area contributed by atoms with Crippen LogP contribution >= 0.6 is 23.4 Å². The van der Waals surface area contributed by atoms with Crippen LogP contribution in [-0.2, 0) is 27.1 Å². The highest BCUT2D eigenvalue weighted by molar-refractivity contribution is 7.98. The first-order chi connectivity index (χ1) is 13.3. The van der Waals surface area contributed by atoms with Gasteiger partial charge in [-0.2, -0.15) is 0 Å². The molecular formula is C18H17ClN2O5S2. The van der Waals surface area contributed by atoms with Crippen LogP contribution in [0.25, 0.3) is 11.1 Å². The predicted molar refractivity (Wildman–Crippen MR) is 106 cm³/mol. The van der Waals surface area contributed by atoms with Crippen molar-refractivity contribution in [2.45, 2.75) is 22.5 Å². The number of oxazole rings is 1. The molecule has 0 bridgehead atoms. The molecule has 3 aromatic rings. The molecule has 0 spiro atoms. The first kappa shape index (κ1) is 19.5. The van der Waals surface area contributed by atoms with Gasteiger partial charge >= 0.3 is 0 Å². The maximum absolute atomic E-state index is 12.3. The van der Waals surface area contributed by atoms with E-state index in [9.17, 15) is 8.42 Å². The van der Waals surface area contributed by atoms with E-state index in [4.69, 9.17) is 25.5 Å². The van der Waals surface area contributed by atoms with Gasteiger partial charge in [0.05, 0.1) is 11.5 Å². The van der Waals surface area contributed by atoms with Gasteiger partial charge in [-0.15, -0.1) is 0 Å². The van der Waals surface area contributed by atoms with Gasteiger partial charge in [-0.3, -0.25) is 0 Å². The Kier molecular flexibility index (Phi) is 5.28. The van der Waals surface area contributed by atoms with E-state index in [1.165, 1.54) is 38.0 Å². The average molecular weight is 441 g/mol. The number of ether oxygens (including phenoxy) is 2. The van der Waals surface area contributed by atoms with Gasteiger partial charge in [-0.1, -0.05) is 23.4 Å². The van der Waals surface area contributed by atoms with E-state index in [0.717, 1.165) is 21.2 Å². The Balaban J connectivity index is 1.59. The Morgan fingerprint density at radius 2 is 2.07 bits per heavy atom. The fraction of sp³-hybridized carbons (Fsp3) is 0.278. The number of halogens is 1. The minimum absolute atomic E-state index is 0.173. The zero-order chi connectivity index (χ0) is 19.9. The van der Waals surface area contributed by atoms with Crippen LogP contribution in [0.4, 0.5) is 0 Å². The first-order valence-electron chi connectivity index (χ1n) is 8.32. The van der Waals surface area contributed by atoms with Gasteiger partial charge < -0.3 is 13.9 Å². The van der Waals surface area contributed by atoms with Crippen LogP contribution in [0.15, 0.2) is 44.9 Å². The zero-order valence-corrected chi connectivity index (χ0v) is 17.5. The molecule has 10 heteroatoms. The van der Waals surface area contributed by atoms with Crippen molar-refractivity contribution in [3.63, 3.8) is 0 Å². The molecule has 0 fully saturated rings. The molecule has 1 aliphatic heterocycles. The molecule has 4 rings (SSSR count). The quantitative estimate of drug-likeness (QED) is 0.556. The Morgan fingerprint density at radius 3 is 2.86 bits per heavy atom. The summed E-state index contributed by atoms with van der Waals surface area (Å²) < 4.78 is 42.4. The lowest BCUT2D eigenvalue weighted by Gasteiger charge is -2.20. The van der Waals surface area contributed by atoms with Gasteiger partial charge in [-0.25, -0.2) is 17.7 Å². The highest BCUT2D eigenvalue weighted by atomic mass is 35.5. The van der Waals surface area contributed by atoms with Crippen molar-refractivity contribution in [2.24, 2.45) is 0 Å². The molecule has 0 radical (unpaired) electrons. The van der Waals surface area contributed by atoms with Gasteiger partial charge in [0.2, 0.25) is 10.0 Å². The van der Waals surface area contributed by atoms with Crippen LogP contribution in [-0.4, -0.2) is 38.6 Å². The van der Waals surface area contributed by atoms with Gasteiger partial charge in [0.1, 0.15) is 11.3 Å². The van der Waals surface area contributed by atoms with Gasteiger partial charge in [0.15, 0.2) is 12.4 Å². The van der Waals surface area contributed by atoms with Crippen molar-refractivity contribution >= 4 is 44.5 Å². The van der Waals surface area contributed by atoms with E-state index >= 15 is 0 Å². The molecule has 2 aromatic carbocycles. The van der Waals surface area contributed by atoms with Crippen molar-refractivity contribution in [1.82, 2.24) is 9.29 Å². The number of fused-ring (bicyclic) bond motifs is 2. The Morgan fingerprint density at radius 1 is 1.25 bits per heavy atom. The van der Waals surface area contributed by atoms with E-state index in [-0.39, 0.29) is 11.7 Å². The summed E-state index contributed by atoms with van der Waals surface area (Å²) in [5.74, 6) is 1.32. The van der Waals surface area contributed by atoms with E-state index in [1.54, 1.807) is 6.07 Å². The summed E-state index contributed by atoms with van der Waals surface area (Å²) in [5.41, 5.74) is 2.85. The second kappa shape index (κ2) is 7.57. The molecule has 0 amide bonds. The summed E-state index contributed by atoms with van der Waals surface area (Å²) in [6, 6.07) is 8.32. The second-order valence-corrected chi connectivity index (χ2v) is 9.86. The molecule has 2 heterocycles. The highest BCUT2D eigenvalue weighted by Crippen LogP contribution is 2.36. The standard InChI is InChI=1S/C18H17ClN2O5S2/c1-21(2)28(22,23)14-3-4-16-15(7-14)20-18(26-16)27-9-12-6-13(19)5-11-8-24-10-25-17(11)12/h3-7H,8-10H2,1-2H3. The summed E-state index contributed by atoms with van der Waals surface area (Å²) in [4.78, 5) is 4.58. The first-order valence-corrected chi connectivity index (χ1v) is 11.1. The highest BCUT2D eigenvalue weighted by Gasteiger charge is 2.20. The summed E-state index contributed by atoms with van der Waals surface area (Å²) in [5, 5.41) is 1.05. The van der Waals surface area contributed by atoms with Crippen LogP contribution in [0, 0.1) is 0 Å².